The molecular formula is C13H16Cl2N4O. The van der Waals surface area contributed by atoms with Crippen molar-refractivity contribution < 1.29 is 4.79 Å². The number of halogens is 2. The van der Waals surface area contributed by atoms with Gasteiger partial charge in [-0.2, -0.15) is 0 Å². The molecule has 1 saturated carbocycles. The summed E-state index contributed by atoms with van der Waals surface area (Å²) in [4.78, 5) is 20.0. The summed E-state index contributed by atoms with van der Waals surface area (Å²) in [6.07, 6.45) is 7.01. The van der Waals surface area contributed by atoms with Crippen molar-refractivity contribution in [2.45, 2.75) is 44.2 Å². The van der Waals surface area contributed by atoms with Crippen LogP contribution >= 0.6 is 23.2 Å². The van der Waals surface area contributed by atoms with Crippen molar-refractivity contribution in [1.29, 1.82) is 0 Å². The lowest BCUT2D eigenvalue weighted by atomic mass is 9.85. The predicted molar refractivity (Wildman–Crippen MR) is 78.0 cm³/mol. The lowest BCUT2D eigenvalue weighted by molar-refractivity contribution is -0.117. The molecule has 3 atom stereocenters. The van der Waals surface area contributed by atoms with E-state index in [2.05, 4.69) is 20.6 Å². The maximum Gasteiger partial charge on any atom is 0.241 e. The number of aromatic nitrogens is 2. The molecule has 2 fully saturated rings. The summed E-state index contributed by atoms with van der Waals surface area (Å²) in [5.74, 6) is 0.496. The lowest BCUT2D eigenvalue weighted by Crippen LogP contribution is -2.40. The number of carbonyl (C=O) groups excluding carboxylic acids is 1. The number of nitrogens with one attached hydrogen (secondary N) is 2. The zero-order valence-corrected chi connectivity index (χ0v) is 12.4. The quantitative estimate of drug-likeness (QED) is 0.824. The Kier molecular flexibility index (Phi) is 4.10. The van der Waals surface area contributed by atoms with Crippen molar-refractivity contribution in [3.05, 3.63) is 16.6 Å². The largest absolute Gasteiger partial charge is 0.320 e. The van der Waals surface area contributed by atoms with Gasteiger partial charge in [-0.3, -0.25) is 4.79 Å². The van der Waals surface area contributed by atoms with E-state index in [0.717, 1.165) is 12.8 Å². The fraction of sp³-hybridized carbons (Fsp3) is 0.615. The van der Waals surface area contributed by atoms with Gasteiger partial charge in [-0.05, 0) is 25.2 Å². The lowest BCUT2D eigenvalue weighted by Gasteiger charge is -2.24. The maximum absolute atomic E-state index is 12.3. The molecule has 1 amide bonds. The number of fused-ring (bicyclic) bond motifs is 1. The fourth-order valence-corrected chi connectivity index (χ4v) is 3.59. The summed E-state index contributed by atoms with van der Waals surface area (Å²) in [5.41, 5.74) is 0.289. The van der Waals surface area contributed by atoms with Gasteiger partial charge in [-0.25, -0.2) is 9.97 Å². The highest BCUT2D eigenvalue weighted by Crippen LogP contribution is 2.34. The first kappa shape index (κ1) is 14.0. The Hall–Kier alpha value is -0.910. The van der Waals surface area contributed by atoms with Crippen molar-refractivity contribution in [3.63, 3.8) is 0 Å². The molecule has 1 aromatic heterocycles. The Balaban J connectivity index is 1.68. The van der Waals surface area contributed by atoms with E-state index in [9.17, 15) is 4.79 Å². The third-order valence-corrected chi connectivity index (χ3v) is 4.76. The molecule has 1 saturated heterocycles. The minimum Gasteiger partial charge on any atom is -0.320 e. The van der Waals surface area contributed by atoms with Crippen molar-refractivity contribution in [2.75, 3.05) is 5.32 Å². The SMILES string of the molecule is O=C(Nc1c(Cl)ncnc1Cl)C1CC2CCCCC2N1. The van der Waals surface area contributed by atoms with Gasteiger partial charge in [0.2, 0.25) is 5.91 Å². The van der Waals surface area contributed by atoms with Crippen molar-refractivity contribution in [3.8, 4) is 0 Å². The average molecular weight is 315 g/mol. The van der Waals surface area contributed by atoms with Crippen LogP contribution in [0.3, 0.4) is 0 Å². The number of anilines is 1. The number of amides is 1. The Bertz CT molecular complexity index is 491. The van der Waals surface area contributed by atoms with Gasteiger partial charge in [0.25, 0.3) is 0 Å². The van der Waals surface area contributed by atoms with Crippen LogP contribution in [0.2, 0.25) is 10.3 Å². The topological polar surface area (TPSA) is 66.9 Å². The summed E-state index contributed by atoms with van der Waals surface area (Å²) < 4.78 is 0. The van der Waals surface area contributed by atoms with Gasteiger partial charge in [0, 0.05) is 6.04 Å². The first-order valence-electron chi connectivity index (χ1n) is 6.88. The molecule has 3 unspecified atom stereocenters. The van der Waals surface area contributed by atoms with Gasteiger partial charge >= 0.3 is 0 Å². The predicted octanol–water partition coefficient (Wildman–Crippen LogP) is 2.64. The molecule has 1 aliphatic heterocycles. The molecule has 3 rings (SSSR count). The Labute approximate surface area is 127 Å². The molecule has 1 aliphatic carbocycles. The number of rotatable bonds is 2. The molecule has 2 N–H and O–H groups in total. The fourth-order valence-electron chi connectivity index (χ4n) is 3.18. The molecular weight excluding hydrogens is 299 g/mol. The maximum atomic E-state index is 12.3. The highest BCUT2D eigenvalue weighted by Gasteiger charge is 2.38. The Morgan fingerprint density at radius 2 is 1.95 bits per heavy atom. The Morgan fingerprint density at radius 1 is 1.25 bits per heavy atom. The van der Waals surface area contributed by atoms with E-state index in [-0.39, 0.29) is 27.9 Å². The number of carbonyl (C=O) groups is 1. The van der Waals surface area contributed by atoms with Crippen molar-refractivity contribution >= 4 is 34.8 Å². The Morgan fingerprint density at radius 3 is 2.65 bits per heavy atom. The monoisotopic (exact) mass is 314 g/mol. The highest BCUT2D eigenvalue weighted by molar-refractivity contribution is 6.38. The normalized spacial score (nSPS) is 29.0. The standard InChI is InChI=1S/C13H16Cl2N4O/c14-11-10(12(15)17-6-16-11)19-13(20)9-5-7-3-1-2-4-8(7)18-9/h6-9,18H,1-5H2,(H,19,20). The first-order valence-corrected chi connectivity index (χ1v) is 7.63. The van der Waals surface area contributed by atoms with Crippen LogP contribution < -0.4 is 10.6 Å². The van der Waals surface area contributed by atoms with Gasteiger partial charge in [-0.15, -0.1) is 0 Å². The summed E-state index contributed by atoms with van der Waals surface area (Å²) >= 11 is 11.9. The summed E-state index contributed by atoms with van der Waals surface area (Å²) in [7, 11) is 0. The molecule has 2 heterocycles. The number of hydrogen-bond donors (Lipinski definition) is 2. The van der Waals surface area contributed by atoms with E-state index in [1.807, 2.05) is 0 Å². The summed E-state index contributed by atoms with van der Waals surface area (Å²) in [6.45, 7) is 0. The van der Waals surface area contributed by atoms with E-state index < -0.39 is 0 Å². The smallest absolute Gasteiger partial charge is 0.241 e. The van der Waals surface area contributed by atoms with Crippen LogP contribution in [-0.4, -0.2) is 28.0 Å². The van der Waals surface area contributed by atoms with E-state index in [4.69, 9.17) is 23.2 Å². The van der Waals surface area contributed by atoms with Crippen LogP contribution in [-0.2, 0) is 4.79 Å². The molecule has 7 heteroatoms. The van der Waals surface area contributed by atoms with Gasteiger partial charge in [0.1, 0.15) is 12.0 Å². The van der Waals surface area contributed by atoms with Crippen LogP contribution in [0.25, 0.3) is 0 Å². The number of hydrogen-bond acceptors (Lipinski definition) is 4. The molecule has 108 valence electrons. The zero-order chi connectivity index (χ0) is 14.1. The zero-order valence-electron chi connectivity index (χ0n) is 10.9. The van der Waals surface area contributed by atoms with Gasteiger partial charge in [0.15, 0.2) is 10.3 Å². The van der Waals surface area contributed by atoms with Gasteiger partial charge in [0.05, 0.1) is 6.04 Å². The van der Waals surface area contributed by atoms with Gasteiger partial charge < -0.3 is 10.6 Å². The van der Waals surface area contributed by atoms with E-state index in [1.165, 1.54) is 25.6 Å². The van der Waals surface area contributed by atoms with E-state index >= 15 is 0 Å². The third kappa shape index (κ3) is 2.75. The van der Waals surface area contributed by atoms with Crippen molar-refractivity contribution in [2.24, 2.45) is 5.92 Å². The molecule has 5 nitrogen and oxygen atoms in total. The molecule has 0 bridgehead atoms. The number of nitrogens with zero attached hydrogens (tertiary/aromatic N) is 2. The van der Waals surface area contributed by atoms with Crippen LogP contribution in [0.15, 0.2) is 6.33 Å². The molecule has 0 aromatic carbocycles. The first-order chi connectivity index (χ1) is 9.65. The van der Waals surface area contributed by atoms with Gasteiger partial charge in [-0.1, -0.05) is 36.0 Å². The average Bonchev–Trinajstić information content (AvgIpc) is 2.87. The summed E-state index contributed by atoms with van der Waals surface area (Å²) in [6, 6.07) is 0.285. The minimum absolute atomic E-state index is 0.113. The minimum atomic E-state index is -0.185. The molecule has 2 aliphatic rings. The molecule has 0 radical (unpaired) electrons. The highest BCUT2D eigenvalue weighted by atomic mass is 35.5. The van der Waals surface area contributed by atoms with Crippen LogP contribution in [0.1, 0.15) is 32.1 Å². The van der Waals surface area contributed by atoms with E-state index in [1.54, 1.807) is 0 Å². The second kappa shape index (κ2) is 5.84. The van der Waals surface area contributed by atoms with Crippen LogP contribution in [0, 0.1) is 5.92 Å². The summed E-state index contributed by atoms with van der Waals surface area (Å²) in [5, 5.41) is 6.47. The molecule has 1 aromatic rings. The van der Waals surface area contributed by atoms with E-state index in [0.29, 0.717) is 12.0 Å². The second-order valence-corrected chi connectivity index (χ2v) is 6.14. The third-order valence-electron chi connectivity index (χ3n) is 4.18. The molecule has 20 heavy (non-hydrogen) atoms. The van der Waals surface area contributed by atoms with Crippen LogP contribution in [0.4, 0.5) is 5.69 Å². The van der Waals surface area contributed by atoms with Crippen LogP contribution in [0.5, 0.6) is 0 Å². The second-order valence-electron chi connectivity index (χ2n) is 5.43. The molecule has 0 spiro atoms. The van der Waals surface area contributed by atoms with Crippen molar-refractivity contribution in [1.82, 2.24) is 15.3 Å².